The first-order valence-electron chi connectivity index (χ1n) is 7.27. The van der Waals surface area contributed by atoms with Crippen molar-refractivity contribution in [3.8, 4) is 5.75 Å². The minimum Gasteiger partial charge on any atom is -0.496 e. The Hall–Kier alpha value is -1.55. The number of rotatable bonds is 5. The fourth-order valence-corrected chi connectivity index (χ4v) is 2.86. The number of hydrogen-bond acceptors (Lipinski definition) is 4. The van der Waals surface area contributed by atoms with Crippen LogP contribution in [-0.4, -0.2) is 25.7 Å². The average molecular weight is 277 g/mol. The summed E-state index contributed by atoms with van der Waals surface area (Å²) < 4.78 is 10.4. The zero-order chi connectivity index (χ0) is 14.5. The second kappa shape index (κ2) is 6.75. The van der Waals surface area contributed by atoms with E-state index in [2.05, 4.69) is 0 Å². The molecule has 0 spiro atoms. The third-order valence-electron chi connectivity index (χ3n) is 3.84. The molecular formula is C16H23NO3. The second-order valence-electron chi connectivity index (χ2n) is 5.15. The van der Waals surface area contributed by atoms with Gasteiger partial charge in [0.1, 0.15) is 11.8 Å². The molecule has 1 unspecified atom stereocenters. The van der Waals surface area contributed by atoms with E-state index < -0.39 is 6.04 Å². The van der Waals surface area contributed by atoms with E-state index in [1.54, 1.807) is 14.0 Å². The summed E-state index contributed by atoms with van der Waals surface area (Å²) in [4.78, 5) is 11.7. The van der Waals surface area contributed by atoms with Crippen LogP contribution >= 0.6 is 0 Å². The third kappa shape index (κ3) is 3.12. The van der Waals surface area contributed by atoms with Gasteiger partial charge in [-0.05, 0) is 61.8 Å². The van der Waals surface area contributed by atoms with Crippen LogP contribution in [0.1, 0.15) is 36.5 Å². The van der Waals surface area contributed by atoms with Crippen LogP contribution in [-0.2, 0) is 28.8 Å². The molecule has 1 aromatic rings. The summed E-state index contributed by atoms with van der Waals surface area (Å²) in [6.45, 7) is 2.16. The van der Waals surface area contributed by atoms with Crippen LogP contribution in [0.4, 0.5) is 0 Å². The van der Waals surface area contributed by atoms with E-state index in [9.17, 15) is 4.79 Å². The van der Waals surface area contributed by atoms with E-state index in [1.165, 1.54) is 24.0 Å². The highest BCUT2D eigenvalue weighted by molar-refractivity contribution is 5.76. The maximum absolute atomic E-state index is 11.7. The average Bonchev–Trinajstić information content (AvgIpc) is 2.47. The Morgan fingerprint density at radius 1 is 1.30 bits per heavy atom. The highest BCUT2D eigenvalue weighted by Crippen LogP contribution is 2.32. The molecule has 1 atom stereocenters. The van der Waals surface area contributed by atoms with Crippen molar-refractivity contribution in [3.05, 3.63) is 28.8 Å². The Labute approximate surface area is 120 Å². The molecule has 0 fully saturated rings. The van der Waals surface area contributed by atoms with Gasteiger partial charge in [0, 0.05) is 0 Å². The molecule has 0 aromatic heterocycles. The quantitative estimate of drug-likeness (QED) is 0.836. The van der Waals surface area contributed by atoms with Gasteiger partial charge in [-0.15, -0.1) is 0 Å². The summed E-state index contributed by atoms with van der Waals surface area (Å²) >= 11 is 0. The number of esters is 1. The monoisotopic (exact) mass is 277 g/mol. The van der Waals surface area contributed by atoms with Crippen molar-refractivity contribution in [1.82, 2.24) is 0 Å². The van der Waals surface area contributed by atoms with Gasteiger partial charge in [-0.1, -0.05) is 6.07 Å². The van der Waals surface area contributed by atoms with Crippen LogP contribution in [0.5, 0.6) is 5.75 Å². The first kappa shape index (κ1) is 14.9. The summed E-state index contributed by atoms with van der Waals surface area (Å²) in [6.07, 6.45) is 4.99. The van der Waals surface area contributed by atoms with E-state index in [0.29, 0.717) is 13.0 Å². The number of hydrogen-bond donors (Lipinski definition) is 1. The lowest BCUT2D eigenvalue weighted by molar-refractivity contribution is -0.144. The molecule has 20 heavy (non-hydrogen) atoms. The molecule has 2 rings (SSSR count). The lowest BCUT2D eigenvalue weighted by atomic mass is 9.85. The van der Waals surface area contributed by atoms with Gasteiger partial charge >= 0.3 is 5.97 Å². The molecule has 0 amide bonds. The summed E-state index contributed by atoms with van der Waals surface area (Å²) in [6, 6.07) is 3.42. The normalized spacial score (nSPS) is 15.3. The molecular weight excluding hydrogens is 254 g/mol. The van der Waals surface area contributed by atoms with E-state index >= 15 is 0 Å². The van der Waals surface area contributed by atoms with Crippen molar-refractivity contribution in [2.45, 2.75) is 45.1 Å². The van der Waals surface area contributed by atoms with Crippen LogP contribution in [0.2, 0.25) is 0 Å². The topological polar surface area (TPSA) is 61.5 Å². The van der Waals surface area contributed by atoms with Gasteiger partial charge in [-0.2, -0.15) is 0 Å². The first-order chi connectivity index (χ1) is 9.67. The standard InChI is InChI=1S/C16H23NO3/c1-3-20-16(18)14(17)10-11-8-9-15(19-2)13-7-5-4-6-12(11)13/h8-9,14H,3-7,10,17H2,1-2H3. The SMILES string of the molecule is CCOC(=O)C(N)Cc1ccc(OC)c2c1CCCC2. The van der Waals surface area contributed by atoms with Gasteiger partial charge in [0.15, 0.2) is 0 Å². The van der Waals surface area contributed by atoms with Gasteiger partial charge in [-0.3, -0.25) is 4.79 Å². The number of carbonyl (C=O) groups excluding carboxylic acids is 1. The lowest BCUT2D eigenvalue weighted by Gasteiger charge is -2.23. The van der Waals surface area contributed by atoms with Crippen molar-refractivity contribution >= 4 is 5.97 Å². The van der Waals surface area contributed by atoms with Gasteiger partial charge in [0.2, 0.25) is 0 Å². The number of benzene rings is 1. The molecule has 0 saturated carbocycles. The van der Waals surface area contributed by atoms with Crippen LogP contribution in [0.15, 0.2) is 12.1 Å². The highest BCUT2D eigenvalue weighted by Gasteiger charge is 2.21. The fourth-order valence-electron chi connectivity index (χ4n) is 2.86. The van der Waals surface area contributed by atoms with Crippen LogP contribution in [0.3, 0.4) is 0 Å². The minimum absolute atomic E-state index is 0.326. The molecule has 4 nitrogen and oxygen atoms in total. The van der Waals surface area contributed by atoms with E-state index in [0.717, 1.165) is 24.2 Å². The molecule has 1 aromatic carbocycles. The number of ether oxygens (including phenoxy) is 2. The van der Waals surface area contributed by atoms with Crippen molar-refractivity contribution in [2.75, 3.05) is 13.7 Å². The maximum atomic E-state index is 11.7. The number of methoxy groups -OCH3 is 1. The Kier molecular flexibility index (Phi) is 5.01. The molecule has 1 aliphatic rings. The van der Waals surface area contributed by atoms with E-state index in [1.807, 2.05) is 12.1 Å². The Balaban J connectivity index is 2.22. The Morgan fingerprint density at radius 3 is 2.65 bits per heavy atom. The molecule has 4 heteroatoms. The van der Waals surface area contributed by atoms with Gasteiger partial charge < -0.3 is 15.2 Å². The minimum atomic E-state index is -0.589. The van der Waals surface area contributed by atoms with Gasteiger partial charge in [0.25, 0.3) is 0 Å². The largest absolute Gasteiger partial charge is 0.496 e. The second-order valence-corrected chi connectivity index (χ2v) is 5.15. The molecule has 0 radical (unpaired) electrons. The fraction of sp³-hybridized carbons (Fsp3) is 0.562. The molecule has 0 aliphatic heterocycles. The van der Waals surface area contributed by atoms with Crippen LogP contribution in [0, 0.1) is 0 Å². The smallest absolute Gasteiger partial charge is 0.323 e. The summed E-state index contributed by atoms with van der Waals surface area (Å²) in [5.41, 5.74) is 9.69. The van der Waals surface area contributed by atoms with Crippen molar-refractivity contribution in [2.24, 2.45) is 5.73 Å². The molecule has 1 aliphatic carbocycles. The highest BCUT2D eigenvalue weighted by atomic mass is 16.5. The zero-order valence-electron chi connectivity index (χ0n) is 12.3. The zero-order valence-corrected chi connectivity index (χ0v) is 12.3. The van der Waals surface area contributed by atoms with Crippen molar-refractivity contribution < 1.29 is 14.3 Å². The maximum Gasteiger partial charge on any atom is 0.323 e. The Bertz CT molecular complexity index is 485. The van der Waals surface area contributed by atoms with Crippen LogP contribution in [0.25, 0.3) is 0 Å². The van der Waals surface area contributed by atoms with Crippen molar-refractivity contribution in [1.29, 1.82) is 0 Å². The predicted molar refractivity (Wildman–Crippen MR) is 77.9 cm³/mol. The molecule has 0 bridgehead atoms. The number of nitrogens with two attached hydrogens (primary N) is 1. The van der Waals surface area contributed by atoms with E-state index in [-0.39, 0.29) is 5.97 Å². The number of carbonyl (C=O) groups is 1. The summed E-state index contributed by atoms with van der Waals surface area (Å²) in [7, 11) is 1.70. The molecule has 2 N–H and O–H groups in total. The predicted octanol–water partition coefficient (Wildman–Crippen LogP) is 2.01. The number of fused-ring (bicyclic) bond motifs is 1. The summed E-state index contributed by atoms with van der Waals surface area (Å²) in [5, 5.41) is 0. The van der Waals surface area contributed by atoms with Gasteiger partial charge in [-0.25, -0.2) is 0 Å². The first-order valence-corrected chi connectivity index (χ1v) is 7.27. The van der Waals surface area contributed by atoms with Crippen molar-refractivity contribution in [3.63, 3.8) is 0 Å². The molecule has 110 valence electrons. The van der Waals surface area contributed by atoms with Gasteiger partial charge in [0.05, 0.1) is 13.7 Å². The third-order valence-corrected chi connectivity index (χ3v) is 3.84. The van der Waals surface area contributed by atoms with E-state index in [4.69, 9.17) is 15.2 Å². The Morgan fingerprint density at radius 2 is 2.00 bits per heavy atom. The summed E-state index contributed by atoms with van der Waals surface area (Å²) in [5.74, 6) is 0.626. The molecule has 0 heterocycles. The lowest BCUT2D eigenvalue weighted by Crippen LogP contribution is -2.34. The molecule has 0 saturated heterocycles. The van der Waals surface area contributed by atoms with Crippen LogP contribution < -0.4 is 10.5 Å².